The van der Waals surface area contributed by atoms with Gasteiger partial charge in [0.05, 0.1) is 25.3 Å². The SMILES string of the molecule is COc1cc2nccc(Oc3cccc(NC(=O)Nc4ccc(N5CCC(NSC)CC5)c(C(F)(F)F)c4)c3)c2cc1OC. The van der Waals surface area contributed by atoms with Crippen LogP contribution in [0.4, 0.5) is 35.0 Å². The van der Waals surface area contributed by atoms with Gasteiger partial charge in [-0.05, 0) is 61.6 Å². The number of ether oxygens (including phenoxy) is 3. The Morgan fingerprint density at radius 3 is 2.32 bits per heavy atom. The molecule has 5 rings (SSSR count). The van der Waals surface area contributed by atoms with E-state index in [0.29, 0.717) is 52.7 Å². The molecule has 1 aliphatic rings. The van der Waals surface area contributed by atoms with Crippen LogP contribution in [-0.4, -0.2) is 50.6 Å². The molecule has 2 amide bonds. The second-order valence-electron chi connectivity index (χ2n) is 10.1. The Balaban J connectivity index is 1.28. The van der Waals surface area contributed by atoms with Gasteiger partial charge in [0.2, 0.25) is 0 Å². The molecule has 9 nitrogen and oxygen atoms in total. The number of halogens is 3. The van der Waals surface area contributed by atoms with E-state index in [1.807, 2.05) is 6.26 Å². The molecule has 0 saturated carbocycles. The zero-order chi connectivity index (χ0) is 31.3. The van der Waals surface area contributed by atoms with E-state index < -0.39 is 17.8 Å². The quantitative estimate of drug-likeness (QED) is 0.164. The minimum absolute atomic E-state index is 0.0255. The molecular formula is C31H32F3N5O4S. The molecule has 1 aliphatic heterocycles. The number of anilines is 3. The van der Waals surface area contributed by atoms with Crippen LogP contribution in [0.25, 0.3) is 10.9 Å². The van der Waals surface area contributed by atoms with Crippen molar-refractivity contribution in [3.8, 4) is 23.0 Å². The van der Waals surface area contributed by atoms with Crippen molar-refractivity contribution in [2.75, 3.05) is 49.1 Å². The number of nitrogens with zero attached hydrogens (tertiary/aromatic N) is 2. The van der Waals surface area contributed by atoms with Gasteiger partial charge >= 0.3 is 12.2 Å². The third kappa shape index (κ3) is 7.22. The fourth-order valence-corrected chi connectivity index (χ4v) is 5.68. The molecule has 1 fully saturated rings. The highest BCUT2D eigenvalue weighted by Gasteiger charge is 2.36. The van der Waals surface area contributed by atoms with Gasteiger partial charge in [-0.25, -0.2) is 4.79 Å². The third-order valence-corrected chi connectivity index (χ3v) is 7.78. The van der Waals surface area contributed by atoms with E-state index in [-0.39, 0.29) is 17.4 Å². The Labute approximate surface area is 257 Å². The van der Waals surface area contributed by atoms with Gasteiger partial charge < -0.3 is 29.7 Å². The first-order valence-corrected chi connectivity index (χ1v) is 15.0. The number of alkyl halides is 3. The average molecular weight is 628 g/mol. The van der Waals surface area contributed by atoms with Gasteiger partial charge in [-0.15, -0.1) is 0 Å². The molecule has 3 N–H and O–H groups in total. The molecule has 0 radical (unpaired) electrons. The molecule has 0 unspecified atom stereocenters. The molecule has 232 valence electrons. The van der Waals surface area contributed by atoms with E-state index in [1.54, 1.807) is 53.6 Å². The predicted octanol–water partition coefficient (Wildman–Crippen LogP) is 7.54. The Bertz CT molecular complexity index is 1630. The lowest BCUT2D eigenvalue weighted by Gasteiger charge is -2.35. The third-order valence-electron chi connectivity index (χ3n) is 7.21. The molecule has 13 heteroatoms. The van der Waals surface area contributed by atoms with E-state index >= 15 is 0 Å². The van der Waals surface area contributed by atoms with Crippen molar-refractivity contribution in [1.82, 2.24) is 9.71 Å². The van der Waals surface area contributed by atoms with E-state index in [2.05, 4.69) is 20.3 Å². The van der Waals surface area contributed by atoms with Crippen LogP contribution in [0.5, 0.6) is 23.0 Å². The molecule has 0 aliphatic carbocycles. The monoisotopic (exact) mass is 627 g/mol. The number of methoxy groups -OCH3 is 2. The van der Waals surface area contributed by atoms with Crippen molar-refractivity contribution in [2.45, 2.75) is 25.1 Å². The summed E-state index contributed by atoms with van der Waals surface area (Å²) >= 11 is 1.51. The zero-order valence-corrected chi connectivity index (χ0v) is 25.1. The Morgan fingerprint density at radius 2 is 1.64 bits per heavy atom. The topological polar surface area (TPSA) is 97.0 Å². The molecule has 0 atom stereocenters. The lowest BCUT2D eigenvalue weighted by Crippen LogP contribution is -2.41. The highest BCUT2D eigenvalue weighted by molar-refractivity contribution is 7.96. The molecule has 1 aromatic heterocycles. The van der Waals surface area contributed by atoms with Crippen LogP contribution in [0.2, 0.25) is 0 Å². The number of carbonyl (C=O) groups is 1. The Kier molecular flexibility index (Phi) is 9.55. The number of benzene rings is 3. The molecule has 3 aromatic carbocycles. The number of fused-ring (bicyclic) bond motifs is 1. The fourth-order valence-electron chi connectivity index (χ4n) is 5.12. The summed E-state index contributed by atoms with van der Waals surface area (Å²) in [5, 5.41) is 5.86. The van der Waals surface area contributed by atoms with E-state index in [4.69, 9.17) is 14.2 Å². The Morgan fingerprint density at radius 1 is 0.932 bits per heavy atom. The van der Waals surface area contributed by atoms with Crippen LogP contribution in [0.1, 0.15) is 18.4 Å². The summed E-state index contributed by atoms with van der Waals surface area (Å²) < 4.78 is 62.3. The number of pyridine rings is 1. The summed E-state index contributed by atoms with van der Waals surface area (Å²) in [6.45, 7) is 1.01. The first-order valence-electron chi connectivity index (χ1n) is 13.8. The van der Waals surface area contributed by atoms with E-state index in [1.165, 1.54) is 38.3 Å². The van der Waals surface area contributed by atoms with Crippen molar-refractivity contribution in [3.05, 3.63) is 72.4 Å². The van der Waals surface area contributed by atoms with E-state index in [9.17, 15) is 18.0 Å². The van der Waals surface area contributed by atoms with Gasteiger partial charge in [0.15, 0.2) is 11.5 Å². The number of carbonyl (C=O) groups excluding carboxylic acids is 1. The second-order valence-corrected chi connectivity index (χ2v) is 10.7. The summed E-state index contributed by atoms with van der Waals surface area (Å²) in [5.41, 5.74) is 0.357. The number of amides is 2. The van der Waals surface area contributed by atoms with Crippen LogP contribution in [-0.2, 0) is 6.18 Å². The van der Waals surface area contributed by atoms with Crippen LogP contribution in [0.15, 0.2) is 66.9 Å². The maximum atomic E-state index is 14.1. The van der Waals surface area contributed by atoms with Crippen molar-refractivity contribution in [3.63, 3.8) is 0 Å². The summed E-state index contributed by atoms with van der Waals surface area (Å²) in [6, 6.07) is 15.3. The van der Waals surface area contributed by atoms with Crippen LogP contribution in [0.3, 0.4) is 0 Å². The standard InChI is InChI=1S/C31H32F3N5O4S/c1-41-28-17-23-25(18-29(28)42-2)35-12-9-27(23)43-22-6-4-5-20(15-22)36-30(40)37-21-7-8-26(24(16-21)31(32,33)34)39-13-10-19(11-14-39)38-44-3/h4-9,12,15-19,38H,10-11,13-14H2,1-3H3,(H2,36,37,40). The number of hydrogen-bond donors (Lipinski definition) is 3. The van der Waals surface area contributed by atoms with Crippen molar-refractivity contribution in [2.24, 2.45) is 0 Å². The van der Waals surface area contributed by atoms with Crippen molar-refractivity contribution >= 4 is 45.9 Å². The lowest BCUT2D eigenvalue weighted by atomic mass is 10.0. The molecule has 4 aromatic rings. The highest BCUT2D eigenvalue weighted by Crippen LogP contribution is 2.40. The number of urea groups is 1. The summed E-state index contributed by atoms with van der Waals surface area (Å²) in [7, 11) is 3.08. The maximum Gasteiger partial charge on any atom is 0.418 e. The molecule has 0 bridgehead atoms. The van der Waals surface area contributed by atoms with Crippen LogP contribution < -0.4 is 34.5 Å². The molecule has 1 saturated heterocycles. The van der Waals surface area contributed by atoms with Gasteiger partial charge in [0.25, 0.3) is 0 Å². The number of rotatable bonds is 9. The molecular weight excluding hydrogens is 595 g/mol. The van der Waals surface area contributed by atoms with Gasteiger partial charge in [-0.1, -0.05) is 18.0 Å². The minimum atomic E-state index is -4.59. The van der Waals surface area contributed by atoms with E-state index in [0.717, 1.165) is 18.9 Å². The fraction of sp³-hybridized carbons (Fsp3) is 0.290. The van der Waals surface area contributed by atoms with Gasteiger partial charge in [0, 0.05) is 59.9 Å². The van der Waals surface area contributed by atoms with Crippen LogP contribution >= 0.6 is 11.9 Å². The second kappa shape index (κ2) is 13.5. The normalized spacial score (nSPS) is 13.9. The van der Waals surface area contributed by atoms with Crippen molar-refractivity contribution < 1.29 is 32.2 Å². The molecule has 2 heterocycles. The first kappa shape index (κ1) is 31.1. The average Bonchev–Trinajstić information content (AvgIpc) is 3.01. The van der Waals surface area contributed by atoms with Gasteiger partial charge in [-0.2, -0.15) is 13.2 Å². The summed E-state index contributed by atoms with van der Waals surface area (Å²) in [4.78, 5) is 18.9. The summed E-state index contributed by atoms with van der Waals surface area (Å²) in [6.07, 6.45) is 0.425. The zero-order valence-electron chi connectivity index (χ0n) is 24.3. The highest BCUT2D eigenvalue weighted by atomic mass is 32.2. The Hall–Kier alpha value is -4.36. The molecule has 44 heavy (non-hydrogen) atoms. The summed E-state index contributed by atoms with van der Waals surface area (Å²) in [5.74, 6) is 1.97. The number of aromatic nitrogens is 1. The maximum absolute atomic E-state index is 14.1. The first-order chi connectivity index (χ1) is 21.2. The minimum Gasteiger partial charge on any atom is -0.493 e. The van der Waals surface area contributed by atoms with Crippen molar-refractivity contribution in [1.29, 1.82) is 0 Å². The predicted molar refractivity (Wildman–Crippen MR) is 167 cm³/mol. The largest absolute Gasteiger partial charge is 0.493 e. The number of nitrogens with one attached hydrogen (secondary N) is 3. The number of piperidine rings is 1. The van der Waals surface area contributed by atoms with Gasteiger partial charge in [0.1, 0.15) is 11.5 Å². The lowest BCUT2D eigenvalue weighted by molar-refractivity contribution is -0.137. The van der Waals surface area contributed by atoms with Crippen LogP contribution in [0, 0.1) is 0 Å². The smallest absolute Gasteiger partial charge is 0.418 e. The molecule has 0 spiro atoms. The number of hydrogen-bond acceptors (Lipinski definition) is 8. The van der Waals surface area contributed by atoms with Gasteiger partial charge in [-0.3, -0.25) is 9.71 Å².